The first kappa shape index (κ1) is 16.1. The van der Waals surface area contributed by atoms with E-state index in [-0.39, 0.29) is 5.97 Å². The molecule has 0 amide bonds. The average Bonchev–Trinajstić information content (AvgIpc) is 2.56. The summed E-state index contributed by atoms with van der Waals surface area (Å²) in [5.41, 5.74) is 3.55. The summed E-state index contributed by atoms with van der Waals surface area (Å²) in [5.74, 6) is -0.327. The third-order valence-corrected chi connectivity index (χ3v) is 3.51. The number of ether oxygens (including phenoxy) is 1. The van der Waals surface area contributed by atoms with Gasteiger partial charge in [-0.05, 0) is 35.7 Å². The molecule has 0 aliphatic carbocycles. The van der Waals surface area contributed by atoms with Crippen LogP contribution in [-0.2, 0) is 9.53 Å². The van der Waals surface area contributed by atoms with E-state index in [0.717, 1.165) is 21.7 Å². The zero-order chi connectivity index (χ0) is 15.9. The van der Waals surface area contributed by atoms with Gasteiger partial charge in [0, 0.05) is 5.02 Å². The molecule has 0 spiro atoms. The molecule has 22 heavy (non-hydrogen) atoms. The number of hydrogen-bond acceptors (Lipinski definition) is 2. The van der Waals surface area contributed by atoms with Crippen LogP contribution in [0.25, 0.3) is 17.7 Å². The fraction of sp³-hybridized carbons (Fsp3) is 0.105. The molecule has 0 radical (unpaired) electrons. The fourth-order valence-corrected chi connectivity index (χ4v) is 2.18. The minimum absolute atomic E-state index is 0.327. The Morgan fingerprint density at radius 2 is 1.45 bits per heavy atom. The Balaban J connectivity index is 2.15. The quantitative estimate of drug-likeness (QED) is 0.447. The van der Waals surface area contributed by atoms with E-state index < -0.39 is 0 Å². The summed E-state index contributed by atoms with van der Waals surface area (Å²) in [6.45, 7) is 1.82. The number of esters is 1. The van der Waals surface area contributed by atoms with Crippen LogP contribution in [0.3, 0.4) is 0 Å². The predicted octanol–water partition coefficient (Wildman–Crippen LogP) is 5.09. The van der Waals surface area contributed by atoms with Gasteiger partial charge in [-0.25, -0.2) is 4.79 Å². The van der Waals surface area contributed by atoms with Gasteiger partial charge in [-0.15, -0.1) is 0 Å². The molecule has 0 aliphatic rings. The van der Waals surface area contributed by atoms with Crippen molar-refractivity contribution in [1.29, 1.82) is 0 Å². The van der Waals surface area contributed by atoms with E-state index in [9.17, 15) is 4.79 Å². The first-order valence-electron chi connectivity index (χ1n) is 6.92. The Labute approximate surface area is 135 Å². The first-order valence-corrected chi connectivity index (χ1v) is 7.30. The lowest BCUT2D eigenvalue weighted by atomic mass is 10.0. The molecule has 2 aromatic carbocycles. The highest BCUT2D eigenvalue weighted by Crippen LogP contribution is 2.18. The molecule has 0 saturated carbocycles. The van der Waals surface area contributed by atoms with Gasteiger partial charge in [-0.2, -0.15) is 0 Å². The molecule has 112 valence electrons. The van der Waals surface area contributed by atoms with Crippen molar-refractivity contribution in [3.63, 3.8) is 0 Å². The Morgan fingerprint density at radius 3 is 1.91 bits per heavy atom. The molecule has 0 aromatic heterocycles. The van der Waals surface area contributed by atoms with Gasteiger partial charge in [0.05, 0.1) is 12.7 Å². The van der Waals surface area contributed by atoms with Gasteiger partial charge in [-0.1, -0.05) is 66.2 Å². The predicted molar refractivity (Wildman–Crippen MR) is 92.5 cm³/mol. The smallest absolute Gasteiger partial charge is 0.338 e. The van der Waals surface area contributed by atoms with Gasteiger partial charge in [-0.3, -0.25) is 0 Å². The van der Waals surface area contributed by atoms with Gasteiger partial charge in [0.1, 0.15) is 0 Å². The molecule has 0 aliphatic heterocycles. The van der Waals surface area contributed by atoms with Crippen LogP contribution in [0.1, 0.15) is 23.6 Å². The number of carbonyl (C=O) groups excluding carboxylic acids is 1. The molecule has 3 heteroatoms. The van der Waals surface area contributed by atoms with Crippen molar-refractivity contribution < 1.29 is 9.53 Å². The average molecular weight is 313 g/mol. The van der Waals surface area contributed by atoms with Crippen LogP contribution in [0.5, 0.6) is 0 Å². The van der Waals surface area contributed by atoms with E-state index in [1.54, 1.807) is 6.08 Å². The number of benzene rings is 2. The van der Waals surface area contributed by atoms with E-state index in [1.165, 1.54) is 7.11 Å². The summed E-state index contributed by atoms with van der Waals surface area (Å²) < 4.78 is 4.77. The molecule has 0 heterocycles. The summed E-state index contributed by atoms with van der Waals surface area (Å²) in [6, 6.07) is 15.4. The molecule has 0 N–H and O–H groups in total. The van der Waals surface area contributed by atoms with Crippen LogP contribution < -0.4 is 0 Å². The van der Waals surface area contributed by atoms with Crippen molar-refractivity contribution in [1.82, 2.24) is 0 Å². The van der Waals surface area contributed by atoms with Crippen LogP contribution >= 0.6 is 11.6 Å². The minimum Gasteiger partial charge on any atom is -0.465 e. The molecule has 2 rings (SSSR count). The molecule has 0 unspecified atom stereocenters. The van der Waals surface area contributed by atoms with Crippen molar-refractivity contribution in [2.45, 2.75) is 6.92 Å². The number of carbonyl (C=O) groups is 1. The van der Waals surface area contributed by atoms with E-state index in [2.05, 4.69) is 0 Å². The summed E-state index contributed by atoms with van der Waals surface area (Å²) >= 11 is 5.86. The second kappa shape index (κ2) is 7.62. The Morgan fingerprint density at radius 1 is 0.955 bits per heavy atom. The van der Waals surface area contributed by atoms with Crippen LogP contribution in [0.2, 0.25) is 5.02 Å². The zero-order valence-electron chi connectivity index (χ0n) is 12.5. The van der Waals surface area contributed by atoms with E-state index >= 15 is 0 Å². The van der Waals surface area contributed by atoms with Crippen molar-refractivity contribution in [3.8, 4) is 0 Å². The van der Waals surface area contributed by atoms with Gasteiger partial charge < -0.3 is 4.74 Å². The molecule has 0 saturated heterocycles. The standard InChI is InChI=1S/C19H17ClO2/c1-3-18(19(21)22-2)16-10-6-14(7-11-16)4-5-15-8-12-17(20)13-9-15/h3-13H,1-2H3. The fourth-order valence-electron chi connectivity index (χ4n) is 2.05. The van der Waals surface area contributed by atoms with Crippen molar-refractivity contribution in [2.75, 3.05) is 7.11 Å². The lowest BCUT2D eigenvalue weighted by Gasteiger charge is -2.05. The van der Waals surface area contributed by atoms with Crippen LogP contribution in [0.15, 0.2) is 54.6 Å². The normalized spacial score (nSPS) is 11.7. The van der Waals surface area contributed by atoms with Gasteiger partial charge in [0.2, 0.25) is 0 Å². The lowest BCUT2D eigenvalue weighted by molar-refractivity contribution is -0.133. The number of rotatable bonds is 4. The summed E-state index contributed by atoms with van der Waals surface area (Å²) in [5, 5.41) is 0.725. The van der Waals surface area contributed by atoms with Crippen LogP contribution in [-0.4, -0.2) is 13.1 Å². The van der Waals surface area contributed by atoms with Gasteiger partial charge in [0.25, 0.3) is 0 Å². The summed E-state index contributed by atoms with van der Waals surface area (Å²) in [4.78, 5) is 11.7. The van der Waals surface area contributed by atoms with Gasteiger partial charge in [0.15, 0.2) is 0 Å². The molecular formula is C19H17ClO2. The van der Waals surface area contributed by atoms with E-state index in [0.29, 0.717) is 5.57 Å². The Hall–Kier alpha value is -2.32. The number of allylic oxidation sites excluding steroid dienone is 1. The number of hydrogen-bond donors (Lipinski definition) is 0. The number of methoxy groups -OCH3 is 1. The van der Waals surface area contributed by atoms with Gasteiger partial charge >= 0.3 is 5.97 Å². The molecule has 2 aromatic rings. The molecule has 0 bridgehead atoms. The van der Waals surface area contributed by atoms with E-state index in [4.69, 9.17) is 16.3 Å². The maximum absolute atomic E-state index is 11.7. The zero-order valence-corrected chi connectivity index (χ0v) is 13.3. The van der Waals surface area contributed by atoms with Crippen LogP contribution in [0.4, 0.5) is 0 Å². The number of halogens is 1. The molecule has 0 atom stereocenters. The minimum atomic E-state index is -0.327. The van der Waals surface area contributed by atoms with Crippen LogP contribution in [0, 0.1) is 0 Å². The summed E-state index contributed by atoms with van der Waals surface area (Å²) in [7, 11) is 1.38. The molecule has 2 nitrogen and oxygen atoms in total. The topological polar surface area (TPSA) is 26.3 Å². The van der Waals surface area contributed by atoms with E-state index in [1.807, 2.05) is 67.6 Å². The highest BCUT2D eigenvalue weighted by molar-refractivity contribution is 6.30. The molecular weight excluding hydrogens is 296 g/mol. The van der Waals surface area contributed by atoms with Crippen molar-refractivity contribution >= 4 is 35.3 Å². The highest BCUT2D eigenvalue weighted by atomic mass is 35.5. The second-order valence-electron chi connectivity index (χ2n) is 4.70. The monoisotopic (exact) mass is 312 g/mol. The Bertz CT molecular complexity index is 695. The lowest BCUT2D eigenvalue weighted by Crippen LogP contribution is -2.03. The summed E-state index contributed by atoms with van der Waals surface area (Å²) in [6.07, 6.45) is 5.78. The molecule has 0 fully saturated rings. The van der Waals surface area contributed by atoms with Crippen molar-refractivity contribution in [3.05, 3.63) is 76.3 Å². The maximum atomic E-state index is 11.7. The third-order valence-electron chi connectivity index (χ3n) is 3.25. The third kappa shape index (κ3) is 4.09. The van der Waals surface area contributed by atoms with Crippen molar-refractivity contribution in [2.24, 2.45) is 0 Å². The maximum Gasteiger partial charge on any atom is 0.338 e. The largest absolute Gasteiger partial charge is 0.465 e. The second-order valence-corrected chi connectivity index (χ2v) is 5.14. The Kier molecular flexibility index (Phi) is 5.56. The first-order chi connectivity index (χ1) is 10.6. The highest BCUT2D eigenvalue weighted by Gasteiger charge is 2.10. The SMILES string of the molecule is CC=C(C(=O)OC)c1ccc(C=Cc2ccc(Cl)cc2)cc1.